The molecule has 4 rings (SSSR count). The van der Waals surface area contributed by atoms with Gasteiger partial charge < -0.3 is 10.6 Å². The van der Waals surface area contributed by atoms with Gasteiger partial charge in [-0.1, -0.05) is 61.2 Å². The topological polar surface area (TPSA) is 55.0 Å². The summed E-state index contributed by atoms with van der Waals surface area (Å²) in [5, 5.41) is 8.19. The van der Waals surface area contributed by atoms with E-state index in [1.54, 1.807) is 6.07 Å². The molecule has 0 aliphatic carbocycles. The van der Waals surface area contributed by atoms with Crippen LogP contribution in [0.3, 0.4) is 0 Å². The number of fused-ring (bicyclic) bond motifs is 1. The van der Waals surface area contributed by atoms with Gasteiger partial charge in [0, 0.05) is 24.6 Å². The molecule has 4 heteroatoms. The van der Waals surface area contributed by atoms with Crippen molar-refractivity contribution in [3.05, 3.63) is 89.5 Å². The first-order valence-corrected chi connectivity index (χ1v) is 9.44. The lowest BCUT2D eigenvalue weighted by Crippen LogP contribution is -2.29. The molecule has 2 heterocycles. The third-order valence-electron chi connectivity index (χ3n) is 5.20. The van der Waals surface area contributed by atoms with Crippen molar-refractivity contribution in [1.29, 1.82) is 0 Å². The smallest absolute Gasteiger partial charge is 0.146 e. The highest BCUT2D eigenvalue weighted by Gasteiger charge is 2.22. The van der Waals surface area contributed by atoms with Gasteiger partial charge in [0.2, 0.25) is 0 Å². The second-order valence-corrected chi connectivity index (χ2v) is 7.25. The van der Waals surface area contributed by atoms with E-state index in [9.17, 15) is 0 Å². The Morgan fingerprint density at radius 3 is 2.64 bits per heavy atom. The Labute approximate surface area is 166 Å². The normalized spacial score (nSPS) is 16.8. The number of benzene rings is 2. The molecule has 0 fully saturated rings. The average molecular weight is 368 g/mol. The van der Waals surface area contributed by atoms with E-state index in [0.717, 1.165) is 29.9 Å². The van der Waals surface area contributed by atoms with Gasteiger partial charge in [-0.15, -0.1) is 10.2 Å². The van der Waals surface area contributed by atoms with Crippen LogP contribution in [0, 0.1) is 0 Å². The molecule has 4 nitrogen and oxygen atoms in total. The van der Waals surface area contributed by atoms with Crippen LogP contribution in [0.5, 0.6) is 0 Å². The first-order valence-electron chi connectivity index (χ1n) is 9.44. The summed E-state index contributed by atoms with van der Waals surface area (Å²) in [5.74, 6) is 0.782. The Morgan fingerprint density at radius 2 is 1.89 bits per heavy atom. The Morgan fingerprint density at radius 1 is 1.07 bits per heavy atom. The summed E-state index contributed by atoms with van der Waals surface area (Å²) in [6.45, 7) is 5.85. The second-order valence-electron chi connectivity index (χ2n) is 7.25. The van der Waals surface area contributed by atoms with E-state index in [1.807, 2.05) is 18.2 Å². The van der Waals surface area contributed by atoms with E-state index in [0.29, 0.717) is 11.7 Å². The lowest BCUT2D eigenvalue weighted by molar-refractivity contribution is 0.298. The first kappa shape index (κ1) is 18.1. The molecule has 1 aliphatic rings. The quantitative estimate of drug-likeness (QED) is 0.730. The van der Waals surface area contributed by atoms with Gasteiger partial charge in [0.05, 0.1) is 5.69 Å². The maximum Gasteiger partial charge on any atom is 0.146 e. The number of aromatic nitrogens is 2. The van der Waals surface area contributed by atoms with Gasteiger partial charge >= 0.3 is 0 Å². The van der Waals surface area contributed by atoms with Crippen molar-refractivity contribution < 1.29 is 0 Å². The summed E-state index contributed by atoms with van der Waals surface area (Å²) in [7, 11) is 2.16. The van der Waals surface area contributed by atoms with Crippen molar-refractivity contribution in [2.24, 2.45) is 0 Å². The summed E-state index contributed by atoms with van der Waals surface area (Å²) in [4.78, 5) is 2.36. The number of likely N-dealkylation sites (N-methyl/N-ethyl adjacent to an activating group) is 1. The lowest BCUT2D eigenvalue weighted by atomic mass is 9.87. The Hall–Kier alpha value is -3.24. The molecule has 0 saturated carbocycles. The van der Waals surface area contributed by atoms with Crippen LogP contribution in [0.25, 0.3) is 23.4 Å². The van der Waals surface area contributed by atoms with E-state index in [2.05, 4.69) is 77.3 Å². The number of hydrogen-bond acceptors (Lipinski definition) is 4. The highest BCUT2D eigenvalue weighted by atomic mass is 15.1. The van der Waals surface area contributed by atoms with Gasteiger partial charge in [0.25, 0.3) is 0 Å². The fraction of sp³-hybridized carbons (Fsp3) is 0.167. The molecule has 1 unspecified atom stereocenters. The molecular formula is C24H24N4. The number of nitrogen functional groups attached to an aromatic ring is 1. The molecule has 2 N–H and O–H groups in total. The fourth-order valence-electron chi connectivity index (χ4n) is 3.78. The first-order chi connectivity index (χ1) is 13.6. The van der Waals surface area contributed by atoms with Gasteiger partial charge in [0.1, 0.15) is 5.82 Å². The standard InChI is InChI=1S/C24H24N4/c1-3-17-6-4-5-7-18(17)8-9-20-15-28(2)16-21-14-19(10-11-22(20)21)23-12-13-24(25)27-26-23/h3-14,20H,1,15-16H2,2H3,(H2,25,27). The summed E-state index contributed by atoms with van der Waals surface area (Å²) >= 11 is 0. The third-order valence-corrected chi connectivity index (χ3v) is 5.20. The fourth-order valence-corrected chi connectivity index (χ4v) is 3.78. The molecule has 1 aromatic heterocycles. The van der Waals surface area contributed by atoms with Crippen molar-refractivity contribution in [2.45, 2.75) is 12.5 Å². The lowest BCUT2D eigenvalue weighted by Gasteiger charge is -2.31. The molecule has 0 amide bonds. The zero-order valence-electron chi connectivity index (χ0n) is 16.0. The molecule has 2 aromatic carbocycles. The Balaban J connectivity index is 1.66. The molecule has 140 valence electrons. The minimum atomic E-state index is 0.346. The molecule has 0 bridgehead atoms. The summed E-state index contributed by atoms with van der Waals surface area (Å²) in [6.07, 6.45) is 6.42. The van der Waals surface area contributed by atoms with Gasteiger partial charge in [-0.3, -0.25) is 0 Å². The SMILES string of the molecule is C=Cc1ccccc1C=CC1CN(C)Cc2cc(-c3ccc(N)nn3)ccc21. The van der Waals surface area contributed by atoms with Gasteiger partial charge in [-0.05, 0) is 47.5 Å². The minimum Gasteiger partial charge on any atom is -0.382 e. The molecule has 1 aliphatic heterocycles. The van der Waals surface area contributed by atoms with Crippen molar-refractivity contribution in [2.75, 3.05) is 19.3 Å². The number of rotatable bonds is 4. The van der Waals surface area contributed by atoms with Crippen LogP contribution in [0.2, 0.25) is 0 Å². The van der Waals surface area contributed by atoms with Gasteiger partial charge in [0.15, 0.2) is 0 Å². The Kier molecular flexibility index (Phi) is 5.04. The maximum absolute atomic E-state index is 5.66. The van der Waals surface area contributed by atoms with E-state index < -0.39 is 0 Å². The van der Waals surface area contributed by atoms with Crippen LogP contribution >= 0.6 is 0 Å². The largest absolute Gasteiger partial charge is 0.382 e. The molecular weight excluding hydrogens is 344 g/mol. The van der Waals surface area contributed by atoms with Crippen LogP contribution in [-0.4, -0.2) is 28.7 Å². The number of nitrogens with zero attached hydrogens (tertiary/aromatic N) is 3. The van der Waals surface area contributed by atoms with Crippen LogP contribution in [0.1, 0.15) is 28.2 Å². The third kappa shape index (κ3) is 3.73. The zero-order valence-corrected chi connectivity index (χ0v) is 16.0. The second kappa shape index (κ2) is 7.79. The highest BCUT2D eigenvalue weighted by Crippen LogP contribution is 2.32. The van der Waals surface area contributed by atoms with Crippen molar-refractivity contribution in [1.82, 2.24) is 15.1 Å². The summed E-state index contributed by atoms with van der Waals surface area (Å²) in [5.41, 5.74) is 12.6. The molecule has 28 heavy (non-hydrogen) atoms. The predicted molar refractivity (Wildman–Crippen MR) is 117 cm³/mol. The molecule has 0 saturated heterocycles. The summed E-state index contributed by atoms with van der Waals surface area (Å²) < 4.78 is 0. The number of nitrogens with two attached hydrogens (primary N) is 1. The van der Waals surface area contributed by atoms with Crippen LogP contribution in [0.4, 0.5) is 5.82 Å². The molecule has 3 aromatic rings. The van der Waals surface area contributed by atoms with Gasteiger partial charge in [-0.2, -0.15) is 0 Å². The van der Waals surface area contributed by atoms with Crippen molar-refractivity contribution in [3.63, 3.8) is 0 Å². The number of hydrogen-bond donors (Lipinski definition) is 1. The maximum atomic E-state index is 5.66. The van der Waals surface area contributed by atoms with Crippen molar-refractivity contribution >= 4 is 18.0 Å². The molecule has 1 atom stereocenters. The zero-order chi connectivity index (χ0) is 19.5. The monoisotopic (exact) mass is 368 g/mol. The van der Waals surface area contributed by atoms with Crippen molar-refractivity contribution in [3.8, 4) is 11.3 Å². The highest BCUT2D eigenvalue weighted by molar-refractivity contribution is 5.66. The Bertz CT molecular complexity index is 1020. The summed E-state index contributed by atoms with van der Waals surface area (Å²) in [6, 6.07) is 18.6. The van der Waals surface area contributed by atoms with E-state index in [4.69, 9.17) is 5.73 Å². The van der Waals surface area contributed by atoms with Crippen LogP contribution in [0.15, 0.2) is 67.3 Å². The van der Waals surface area contributed by atoms with Gasteiger partial charge in [-0.25, -0.2) is 0 Å². The predicted octanol–water partition coefficient (Wildman–Crippen LogP) is 4.61. The van der Waals surface area contributed by atoms with E-state index >= 15 is 0 Å². The number of anilines is 1. The van der Waals surface area contributed by atoms with E-state index in [-0.39, 0.29) is 0 Å². The molecule has 0 radical (unpaired) electrons. The van der Waals surface area contributed by atoms with Crippen LogP contribution < -0.4 is 5.73 Å². The molecule has 0 spiro atoms. The van der Waals surface area contributed by atoms with E-state index in [1.165, 1.54) is 16.7 Å². The minimum absolute atomic E-state index is 0.346. The van der Waals surface area contributed by atoms with Crippen LogP contribution in [-0.2, 0) is 6.54 Å². The average Bonchev–Trinajstić information content (AvgIpc) is 2.72.